The van der Waals surface area contributed by atoms with Crippen molar-refractivity contribution in [2.45, 2.75) is 65.1 Å². The molecule has 1 aliphatic rings. The highest BCUT2D eigenvalue weighted by molar-refractivity contribution is 5.13. The van der Waals surface area contributed by atoms with E-state index in [1.54, 1.807) is 0 Å². The fourth-order valence-corrected chi connectivity index (χ4v) is 3.10. The molecule has 1 aliphatic heterocycles. The number of nitriles is 1. The molecule has 0 amide bonds. The molecule has 1 saturated heterocycles. The minimum Gasteiger partial charge on any atom is -0.374 e. The fraction of sp³-hybridized carbons (Fsp3) is 0.632. The molecule has 1 aromatic carbocycles. The van der Waals surface area contributed by atoms with Gasteiger partial charge in [-0.15, -0.1) is 0 Å². The van der Waals surface area contributed by atoms with Gasteiger partial charge in [-0.3, -0.25) is 0 Å². The van der Waals surface area contributed by atoms with E-state index in [0.29, 0.717) is 19.6 Å². The van der Waals surface area contributed by atoms with E-state index in [4.69, 9.17) is 19.5 Å². The van der Waals surface area contributed by atoms with E-state index in [2.05, 4.69) is 19.9 Å². The highest BCUT2D eigenvalue weighted by Crippen LogP contribution is 2.43. The Balaban J connectivity index is 2.03. The Morgan fingerprint density at radius 1 is 1.17 bits per heavy atom. The van der Waals surface area contributed by atoms with Gasteiger partial charge in [0.05, 0.1) is 31.5 Å². The number of benzene rings is 1. The van der Waals surface area contributed by atoms with Gasteiger partial charge < -0.3 is 14.2 Å². The molecule has 4 heteroatoms. The Kier molecular flexibility index (Phi) is 5.80. The van der Waals surface area contributed by atoms with Crippen LogP contribution in [0.25, 0.3) is 0 Å². The average molecular weight is 317 g/mol. The lowest BCUT2D eigenvalue weighted by Gasteiger charge is -2.51. The summed E-state index contributed by atoms with van der Waals surface area (Å²) in [5.74, 6) is -0.633. The largest absolute Gasteiger partial charge is 0.374 e. The van der Waals surface area contributed by atoms with E-state index in [-0.39, 0.29) is 17.6 Å². The van der Waals surface area contributed by atoms with Gasteiger partial charge in [-0.1, -0.05) is 37.3 Å². The maximum Gasteiger partial charge on any atom is 0.163 e. The molecule has 0 radical (unpaired) electrons. The zero-order valence-corrected chi connectivity index (χ0v) is 14.5. The van der Waals surface area contributed by atoms with Crippen LogP contribution in [0.2, 0.25) is 0 Å². The number of hydrogen-bond acceptors (Lipinski definition) is 4. The van der Waals surface area contributed by atoms with E-state index >= 15 is 0 Å². The van der Waals surface area contributed by atoms with E-state index in [1.807, 2.05) is 44.2 Å². The minimum atomic E-state index is -0.633. The Morgan fingerprint density at radius 2 is 1.87 bits per heavy atom. The van der Waals surface area contributed by atoms with Crippen LogP contribution in [0.3, 0.4) is 0 Å². The van der Waals surface area contributed by atoms with Crippen molar-refractivity contribution in [3.05, 3.63) is 35.9 Å². The first-order valence-electron chi connectivity index (χ1n) is 8.21. The molecule has 0 spiro atoms. The zero-order valence-electron chi connectivity index (χ0n) is 14.5. The van der Waals surface area contributed by atoms with Crippen molar-refractivity contribution in [2.24, 2.45) is 5.41 Å². The first-order valence-corrected chi connectivity index (χ1v) is 8.21. The van der Waals surface area contributed by atoms with Crippen molar-refractivity contribution in [3.63, 3.8) is 0 Å². The maximum absolute atomic E-state index is 8.95. The first-order chi connectivity index (χ1) is 10.9. The van der Waals surface area contributed by atoms with Crippen LogP contribution in [0.5, 0.6) is 0 Å². The van der Waals surface area contributed by atoms with Crippen molar-refractivity contribution in [1.29, 1.82) is 5.26 Å². The summed E-state index contributed by atoms with van der Waals surface area (Å²) in [6.45, 7) is 9.10. The Bertz CT molecular complexity index is 537. The summed E-state index contributed by atoms with van der Waals surface area (Å²) >= 11 is 0. The third kappa shape index (κ3) is 4.54. The summed E-state index contributed by atoms with van der Waals surface area (Å²) < 4.78 is 18.0. The topological polar surface area (TPSA) is 51.5 Å². The molecule has 23 heavy (non-hydrogen) atoms. The molecular weight excluding hydrogens is 290 g/mol. The molecule has 4 nitrogen and oxygen atoms in total. The first kappa shape index (κ1) is 17.9. The third-order valence-electron chi connectivity index (χ3n) is 4.71. The molecule has 0 saturated carbocycles. The molecule has 2 rings (SSSR count). The molecule has 1 fully saturated rings. The second-order valence-electron chi connectivity index (χ2n) is 6.93. The Morgan fingerprint density at radius 3 is 2.52 bits per heavy atom. The van der Waals surface area contributed by atoms with Crippen LogP contribution in [0.15, 0.2) is 30.3 Å². The second kappa shape index (κ2) is 7.44. The normalized spacial score (nSPS) is 29.9. The van der Waals surface area contributed by atoms with E-state index in [1.165, 1.54) is 0 Å². The van der Waals surface area contributed by atoms with Gasteiger partial charge in [0.1, 0.15) is 0 Å². The molecule has 0 bridgehead atoms. The lowest BCUT2D eigenvalue weighted by atomic mass is 9.74. The van der Waals surface area contributed by atoms with Crippen LogP contribution in [-0.2, 0) is 20.8 Å². The summed E-state index contributed by atoms with van der Waals surface area (Å²) in [6, 6.07) is 12.3. The van der Waals surface area contributed by atoms with E-state index < -0.39 is 5.79 Å². The highest BCUT2D eigenvalue weighted by atomic mass is 16.7. The molecule has 126 valence electrons. The van der Waals surface area contributed by atoms with E-state index in [0.717, 1.165) is 12.0 Å². The number of rotatable bonds is 6. The average Bonchev–Trinajstić information content (AvgIpc) is 2.51. The molecule has 0 unspecified atom stereocenters. The standard InChI is InChI=1S/C19H27NO3/c1-15-19(4,11-8-12-20)17(23-18(2,3)22-15)14-21-13-16-9-6-5-7-10-16/h5-7,9-10,15,17H,8,11,13-14H2,1-4H3/t15-,17-,19-/m1/s1. The maximum atomic E-state index is 8.95. The second-order valence-corrected chi connectivity index (χ2v) is 6.93. The van der Waals surface area contributed by atoms with Crippen molar-refractivity contribution < 1.29 is 14.2 Å². The van der Waals surface area contributed by atoms with Gasteiger partial charge in [-0.05, 0) is 32.8 Å². The van der Waals surface area contributed by atoms with Crippen LogP contribution in [0.4, 0.5) is 0 Å². The van der Waals surface area contributed by atoms with Crippen molar-refractivity contribution in [2.75, 3.05) is 6.61 Å². The van der Waals surface area contributed by atoms with Gasteiger partial charge in [-0.25, -0.2) is 0 Å². The Hall–Kier alpha value is -1.41. The molecular formula is C19H27NO3. The summed E-state index contributed by atoms with van der Waals surface area (Å²) in [5, 5.41) is 8.95. The van der Waals surface area contributed by atoms with Gasteiger partial charge in [0.25, 0.3) is 0 Å². The lowest BCUT2D eigenvalue weighted by molar-refractivity contribution is -0.348. The highest BCUT2D eigenvalue weighted by Gasteiger charge is 2.49. The van der Waals surface area contributed by atoms with E-state index in [9.17, 15) is 0 Å². The zero-order chi connectivity index (χ0) is 16.9. The predicted octanol–water partition coefficient (Wildman–Crippen LogP) is 4.05. The fourth-order valence-electron chi connectivity index (χ4n) is 3.10. The van der Waals surface area contributed by atoms with Gasteiger partial charge in [-0.2, -0.15) is 5.26 Å². The van der Waals surface area contributed by atoms with Crippen LogP contribution < -0.4 is 0 Å². The van der Waals surface area contributed by atoms with Crippen molar-refractivity contribution in [3.8, 4) is 6.07 Å². The monoisotopic (exact) mass is 317 g/mol. The van der Waals surface area contributed by atoms with Gasteiger partial charge >= 0.3 is 0 Å². The summed E-state index contributed by atoms with van der Waals surface area (Å²) in [5.41, 5.74) is 0.910. The van der Waals surface area contributed by atoms with Crippen LogP contribution in [0, 0.1) is 16.7 Å². The van der Waals surface area contributed by atoms with Gasteiger partial charge in [0.2, 0.25) is 0 Å². The smallest absolute Gasteiger partial charge is 0.163 e. The Labute approximate surface area is 139 Å². The minimum absolute atomic E-state index is 0.00456. The number of ether oxygens (including phenoxy) is 3. The molecule has 0 N–H and O–H groups in total. The van der Waals surface area contributed by atoms with Crippen LogP contribution >= 0.6 is 0 Å². The number of hydrogen-bond donors (Lipinski definition) is 0. The third-order valence-corrected chi connectivity index (χ3v) is 4.71. The SMILES string of the molecule is C[C@H]1OC(C)(C)O[C@H](COCc2ccccc2)[C@]1(C)CCC#N. The van der Waals surface area contributed by atoms with Crippen molar-refractivity contribution in [1.82, 2.24) is 0 Å². The van der Waals surface area contributed by atoms with Crippen molar-refractivity contribution >= 4 is 0 Å². The molecule has 3 atom stereocenters. The summed E-state index contributed by atoms with van der Waals surface area (Å²) in [7, 11) is 0. The molecule has 1 aromatic rings. The van der Waals surface area contributed by atoms with Gasteiger partial charge in [0, 0.05) is 11.8 Å². The molecule has 0 aromatic heterocycles. The molecule has 0 aliphatic carbocycles. The van der Waals surface area contributed by atoms with Gasteiger partial charge in [0.15, 0.2) is 5.79 Å². The quantitative estimate of drug-likeness (QED) is 0.794. The summed E-state index contributed by atoms with van der Waals surface area (Å²) in [6.07, 6.45) is 1.13. The summed E-state index contributed by atoms with van der Waals surface area (Å²) in [4.78, 5) is 0. The lowest BCUT2D eigenvalue weighted by Crippen LogP contribution is -2.57. The predicted molar refractivity (Wildman–Crippen MR) is 88.6 cm³/mol. The molecule has 1 heterocycles. The number of nitrogens with zero attached hydrogens (tertiary/aromatic N) is 1. The van der Waals surface area contributed by atoms with Crippen LogP contribution in [-0.4, -0.2) is 24.6 Å². The van der Waals surface area contributed by atoms with Crippen LogP contribution in [0.1, 0.15) is 46.1 Å².